The number of amides is 1. The van der Waals surface area contributed by atoms with Crippen molar-refractivity contribution in [3.05, 3.63) is 0 Å². The van der Waals surface area contributed by atoms with Crippen LogP contribution in [0.5, 0.6) is 0 Å². The average molecular weight is 296 g/mol. The molecule has 5 nitrogen and oxygen atoms in total. The monoisotopic (exact) mass is 295 g/mol. The van der Waals surface area contributed by atoms with Gasteiger partial charge >= 0.3 is 12.1 Å². The van der Waals surface area contributed by atoms with Crippen molar-refractivity contribution < 1.29 is 19.1 Å². The molecule has 1 amide bonds. The van der Waals surface area contributed by atoms with E-state index in [-0.39, 0.29) is 0 Å². The number of esters is 1. The molecule has 0 saturated heterocycles. The van der Waals surface area contributed by atoms with E-state index in [1.54, 1.807) is 0 Å². The molecule has 0 aliphatic carbocycles. The zero-order valence-electron chi connectivity index (χ0n) is 9.62. The number of hydrogen-bond acceptors (Lipinski definition) is 4. The number of alkyl halides is 1. The second-order valence-corrected chi connectivity index (χ2v) is 3.98. The molecule has 0 heterocycles. The van der Waals surface area contributed by atoms with Crippen molar-refractivity contribution in [2.75, 3.05) is 19.0 Å². The van der Waals surface area contributed by atoms with E-state index in [2.05, 4.69) is 26.0 Å². The summed E-state index contributed by atoms with van der Waals surface area (Å²) in [4.78, 5) is 22.5. The van der Waals surface area contributed by atoms with E-state index in [0.717, 1.165) is 12.8 Å². The number of halogens is 1. The Hall–Kier alpha value is -0.780. The fourth-order valence-electron chi connectivity index (χ4n) is 0.993. The van der Waals surface area contributed by atoms with Crippen LogP contribution in [0.15, 0.2) is 0 Å². The smallest absolute Gasteiger partial charge is 0.407 e. The predicted octanol–water partition coefficient (Wildman–Crippen LogP) is 1.84. The summed E-state index contributed by atoms with van der Waals surface area (Å²) in [6.07, 6.45) is 1.66. The summed E-state index contributed by atoms with van der Waals surface area (Å²) in [5, 5.41) is 3.06. The lowest BCUT2D eigenvalue weighted by Gasteiger charge is -2.15. The third-order valence-electron chi connectivity index (χ3n) is 1.91. The average Bonchev–Trinajstić information content (AvgIpc) is 2.28. The van der Waals surface area contributed by atoms with Crippen LogP contribution in [0.25, 0.3) is 0 Å². The Morgan fingerprint density at radius 3 is 2.62 bits per heavy atom. The van der Waals surface area contributed by atoms with E-state index >= 15 is 0 Å². The number of nitrogens with one attached hydrogen (secondary N) is 1. The highest BCUT2D eigenvalue weighted by Crippen LogP contribution is 1.99. The first-order valence-electron chi connectivity index (χ1n) is 5.22. The summed E-state index contributed by atoms with van der Waals surface area (Å²) in [6.45, 7) is 2.37. The molecule has 0 radical (unpaired) electrons. The zero-order valence-corrected chi connectivity index (χ0v) is 11.2. The Morgan fingerprint density at radius 2 is 2.12 bits per heavy atom. The molecule has 6 heteroatoms. The van der Waals surface area contributed by atoms with Gasteiger partial charge in [0.2, 0.25) is 0 Å². The Bertz CT molecular complexity index is 223. The number of alkyl carbamates (subject to hydrolysis) is 1. The Kier molecular flexibility index (Phi) is 8.99. The van der Waals surface area contributed by atoms with Gasteiger partial charge in [-0.25, -0.2) is 9.59 Å². The maximum atomic E-state index is 11.3. The van der Waals surface area contributed by atoms with E-state index in [1.807, 2.05) is 6.92 Å². The Balaban J connectivity index is 3.97. The Labute approximate surface area is 104 Å². The standard InChI is InChI=1S/C10H18BrNO4/c1-3-4-7-16-10(14)12-8(5-6-11)9(13)15-2/h8H,3-7H2,1-2H3,(H,12,14). The summed E-state index contributed by atoms with van der Waals surface area (Å²) in [5.74, 6) is -0.466. The van der Waals surface area contributed by atoms with Crippen LogP contribution in [0, 0.1) is 0 Å². The highest BCUT2D eigenvalue weighted by molar-refractivity contribution is 9.09. The third-order valence-corrected chi connectivity index (χ3v) is 2.36. The van der Waals surface area contributed by atoms with E-state index in [0.29, 0.717) is 18.4 Å². The number of carbonyl (C=O) groups excluding carboxylic acids is 2. The summed E-state index contributed by atoms with van der Waals surface area (Å²) < 4.78 is 9.44. The molecule has 0 aromatic rings. The lowest BCUT2D eigenvalue weighted by atomic mass is 10.2. The lowest BCUT2D eigenvalue weighted by molar-refractivity contribution is -0.143. The van der Waals surface area contributed by atoms with Gasteiger partial charge in [-0.3, -0.25) is 0 Å². The van der Waals surface area contributed by atoms with Crippen molar-refractivity contribution in [2.45, 2.75) is 32.2 Å². The molecule has 0 saturated carbocycles. The van der Waals surface area contributed by atoms with Gasteiger partial charge in [0.05, 0.1) is 13.7 Å². The second kappa shape index (κ2) is 9.45. The van der Waals surface area contributed by atoms with Crippen LogP contribution in [0.1, 0.15) is 26.2 Å². The molecule has 1 atom stereocenters. The number of rotatable bonds is 7. The minimum atomic E-state index is -0.654. The summed E-state index contributed by atoms with van der Waals surface area (Å²) in [7, 11) is 1.29. The van der Waals surface area contributed by atoms with Crippen LogP contribution in [-0.2, 0) is 14.3 Å². The molecule has 0 aromatic heterocycles. The minimum Gasteiger partial charge on any atom is -0.467 e. The fraction of sp³-hybridized carbons (Fsp3) is 0.800. The van der Waals surface area contributed by atoms with Crippen LogP contribution in [-0.4, -0.2) is 37.2 Å². The number of hydrogen-bond donors (Lipinski definition) is 1. The predicted molar refractivity (Wildman–Crippen MR) is 63.6 cm³/mol. The lowest BCUT2D eigenvalue weighted by Crippen LogP contribution is -2.42. The van der Waals surface area contributed by atoms with Crippen LogP contribution in [0.2, 0.25) is 0 Å². The molecule has 0 fully saturated rings. The van der Waals surface area contributed by atoms with Crippen molar-refractivity contribution in [1.29, 1.82) is 0 Å². The minimum absolute atomic E-state index is 0.366. The first-order valence-corrected chi connectivity index (χ1v) is 6.34. The quantitative estimate of drug-likeness (QED) is 0.442. The maximum Gasteiger partial charge on any atom is 0.407 e. The highest BCUT2D eigenvalue weighted by atomic mass is 79.9. The van der Waals surface area contributed by atoms with E-state index in [9.17, 15) is 9.59 Å². The van der Waals surface area contributed by atoms with Crippen molar-refractivity contribution in [3.63, 3.8) is 0 Å². The molecule has 0 aliphatic heterocycles. The van der Waals surface area contributed by atoms with E-state index in [1.165, 1.54) is 7.11 Å². The van der Waals surface area contributed by atoms with Gasteiger partial charge in [0, 0.05) is 5.33 Å². The molecule has 0 aromatic carbocycles. The third kappa shape index (κ3) is 6.66. The highest BCUT2D eigenvalue weighted by Gasteiger charge is 2.21. The second-order valence-electron chi connectivity index (χ2n) is 3.19. The summed E-state index contributed by atoms with van der Waals surface area (Å²) in [5.41, 5.74) is 0. The molecule has 0 aliphatic rings. The zero-order chi connectivity index (χ0) is 12.4. The molecule has 0 bridgehead atoms. The van der Waals surface area contributed by atoms with Gasteiger partial charge in [-0.1, -0.05) is 29.3 Å². The van der Waals surface area contributed by atoms with E-state index < -0.39 is 18.1 Å². The van der Waals surface area contributed by atoms with Crippen molar-refractivity contribution in [3.8, 4) is 0 Å². The van der Waals surface area contributed by atoms with Gasteiger partial charge in [0.15, 0.2) is 0 Å². The fourth-order valence-corrected chi connectivity index (χ4v) is 1.45. The van der Waals surface area contributed by atoms with Crippen molar-refractivity contribution in [1.82, 2.24) is 5.32 Å². The topological polar surface area (TPSA) is 64.6 Å². The molecular formula is C10H18BrNO4. The van der Waals surface area contributed by atoms with Gasteiger partial charge in [0.1, 0.15) is 6.04 Å². The molecule has 0 rings (SSSR count). The largest absolute Gasteiger partial charge is 0.467 e. The van der Waals surface area contributed by atoms with Gasteiger partial charge in [-0.05, 0) is 12.8 Å². The van der Waals surface area contributed by atoms with Gasteiger partial charge in [-0.2, -0.15) is 0 Å². The van der Waals surface area contributed by atoms with Gasteiger partial charge in [-0.15, -0.1) is 0 Å². The molecular weight excluding hydrogens is 278 g/mol. The molecule has 0 spiro atoms. The summed E-state index contributed by atoms with van der Waals surface area (Å²) >= 11 is 3.20. The van der Waals surface area contributed by atoms with Gasteiger partial charge in [0.25, 0.3) is 0 Å². The Morgan fingerprint density at radius 1 is 1.44 bits per heavy atom. The number of unbranched alkanes of at least 4 members (excludes halogenated alkanes) is 1. The number of methoxy groups -OCH3 is 1. The van der Waals surface area contributed by atoms with Crippen molar-refractivity contribution >= 4 is 28.0 Å². The van der Waals surface area contributed by atoms with Crippen molar-refractivity contribution in [2.24, 2.45) is 0 Å². The van der Waals surface area contributed by atoms with Crippen LogP contribution < -0.4 is 5.32 Å². The van der Waals surface area contributed by atoms with Gasteiger partial charge < -0.3 is 14.8 Å². The number of ether oxygens (including phenoxy) is 2. The first kappa shape index (κ1) is 15.2. The molecule has 1 N–H and O–H groups in total. The normalized spacial score (nSPS) is 11.7. The van der Waals surface area contributed by atoms with Crippen LogP contribution in [0.4, 0.5) is 4.79 Å². The van der Waals surface area contributed by atoms with E-state index in [4.69, 9.17) is 4.74 Å². The number of carbonyl (C=O) groups is 2. The molecule has 94 valence electrons. The van der Waals surface area contributed by atoms with Crippen LogP contribution >= 0.6 is 15.9 Å². The van der Waals surface area contributed by atoms with Crippen LogP contribution in [0.3, 0.4) is 0 Å². The first-order chi connectivity index (χ1) is 7.65. The molecule has 16 heavy (non-hydrogen) atoms. The SMILES string of the molecule is CCCCOC(=O)NC(CCBr)C(=O)OC. The molecule has 1 unspecified atom stereocenters. The maximum absolute atomic E-state index is 11.3. The summed E-state index contributed by atoms with van der Waals surface area (Å²) in [6, 6.07) is -0.654.